The van der Waals surface area contributed by atoms with Crippen LogP contribution in [0.5, 0.6) is 5.75 Å². The Kier molecular flexibility index (Phi) is 9.27. The molecule has 1 aromatic heterocycles. The predicted molar refractivity (Wildman–Crippen MR) is 153 cm³/mol. The van der Waals surface area contributed by atoms with Gasteiger partial charge in [0.2, 0.25) is 0 Å². The van der Waals surface area contributed by atoms with Crippen LogP contribution in [0, 0.1) is 12.8 Å². The maximum absolute atomic E-state index is 13.6. The molecule has 3 atom stereocenters. The minimum Gasteiger partial charge on any atom is -0.491 e. The fourth-order valence-electron chi connectivity index (χ4n) is 4.57. The van der Waals surface area contributed by atoms with Gasteiger partial charge in [-0.15, -0.1) is 11.3 Å². The van der Waals surface area contributed by atoms with Crippen LogP contribution >= 0.6 is 11.3 Å². The minimum absolute atomic E-state index is 0.0219. The van der Waals surface area contributed by atoms with Crippen LogP contribution in [0.15, 0.2) is 58.9 Å². The lowest BCUT2D eigenvalue weighted by atomic mass is 10.0. The zero-order valence-corrected chi connectivity index (χ0v) is 24.6. The summed E-state index contributed by atoms with van der Waals surface area (Å²) >= 11 is 1.62. The average Bonchev–Trinajstić information content (AvgIpc) is 3.42. The highest BCUT2D eigenvalue weighted by Crippen LogP contribution is 2.28. The van der Waals surface area contributed by atoms with E-state index in [1.54, 1.807) is 73.0 Å². The molecule has 0 unspecified atom stereocenters. The van der Waals surface area contributed by atoms with Gasteiger partial charge in [0.05, 0.1) is 23.1 Å². The van der Waals surface area contributed by atoms with Crippen molar-refractivity contribution in [3.05, 3.63) is 70.2 Å². The Hall–Kier alpha value is -2.99. The molecule has 0 bridgehead atoms. The van der Waals surface area contributed by atoms with Gasteiger partial charge in [-0.25, -0.2) is 13.4 Å². The number of ether oxygens (including phenoxy) is 2. The molecule has 39 heavy (non-hydrogen) atoms. The summed E-state index contributed by atoms with van der Waals surface area (Å²) in [4.78, 5) is 22.1. The molecule has 1 aliphatic heterocycles. The Morgan fingerprint density at radius 3 is 2.56 bits per heavy atom. The normalized spacial score (nSPS) is 21.4. The number of sulfonamides is 1. The Balaban J connectivity index is 1.65. The molecule has 1 aliphatic rings. The highest BCUT2D eigenvalue weighted by atomic mass is 32.2. The number of aromatic nitrogens is 1. The summed E-state index contributed by atoms with van der Waals surface area (Å²) in [7, 11) is -0.456. The first-order valence-corrected chi connectivity index (χ1v) is 15.2. The summed E-state index contributed by atoms with van der Waals surface area (Å²) in [5, 5.41) is 2.99. The predicted octanol–water partition coefficient (Wildman–Crippen LogP) is 4.26. The first-order valence-electron chi connectivity index (χ1n) is 12.8. The lowest BCUT2D eigenvalue weighted by Gasteiger charge is -2.35. The smallest absolute Gasteiger partial charge is 0.261 e. The fraction of sp³-hybridized carbons (Fsp3) is 0.429. The Morgan fingerprint density at radius 1 is 1.15 bits per heavy atom. The van der Waals surface area contributed by atoms with Gasteiger partial charge in [-0.05, 0) is 50.1 Å². The van der Waals surface area contributed by atoms with Crippen LogP contribution in [0.2, 0.25) is 0 Å². The number of benzene rings is 2. The van der Waals surface area contributed by atoms with Crippen LogP contribution in [0.4, 0.5) is 5.69 Å². The molecule has 3 aromatic rings. The molecule has 1 amide bonds. The number of rotatable bonds is 6. The third-order valence-electron chi connectivity index (χ3n) is 6.98. The number of nitrogens with one attached hydrogen (secondary N) is 1. The highest BCUT2D eigenvalue weighted by Gasteiger charge is 2.29. The van der Waals surface area contributed by atoms with Gasteiger partial charge >= 0.3 is 0 Å². The molecule has 2 aromatic carbocycles. The van der Waals surface area contributed by atoms with E-state index in [0.29, 0.717) is 25.4 Å². The number of amides is 1. The molecule has 0 aliphatic carbocycles. The Labute approximate surface area is 234 Å². The summed E-state index contributed by atoms with van der Waals surface area (Å²) in [5.74, 6) is 0.247. The number of nitrogens with zero attached hydrogens (tertiary/aromatic N) is 3. The maximum atomic E-state index is 13.6. The molecule has 1 N–H and O–H groups in total. The van der Waals surface area contributed by atoms with Crippen LogP contribution in [-0.2, 0) is 21.3 Å². The van der Waals surface area contributed by atoms with E-state index in [-0.39, 0.29) is 40.1 Å². The number of carbonyl (C=O) groups is 1. The number of methoxy groups -OCH3 is 1. The van der Waals surface area contributed by atoms with Crippen molar-refractivity contribution in [1.29, 1.82) is 0 Å². The molecule has 4 rings (SSSR count). The lowest BCUT2D eigenvalue weighted by molar-refractivity contribution is 0.00921. The topological polar surface area (TPSA) is 101 Å². The van der Waals surface area contributed by atoms with E-state index in [9.17, 15) is 13.2 Å². The summed E-state index contributed by atoms with van der Waals surface area (Å²) in [6.07, 6.45) is 1.61. The summed E-state index contributed by atoms with van der Waals surface area (Å²) in [6.45, 7) is 8.24. The number of hydrogen-bond donors (Lipinski definition) is 1. The fourth-order valence-corrected chi connectivity index (χ4v) is 6.26. The standard InChI is InChI=1S/C28H36N4O5S2/c1-19-6-9-23(10-7-19)39(34,35)30-22-8-11-25-24(14-22)28(33)31(4)16-26(36-5)20(2)15-32(21(3)18-37-25)17-27-29-12-13-38-27/h6-14,20-21,26,30H,15-18H2,1-5H3/t20-,21-,26-/m1/s1. The van der Waals surface area contributed by atoms with Gasteiger partial charge in [-0.2, -0.15) is 0 Å². The van der Waals surface area contributed by atoms with E-state index in [1.165, 1.54) is 6.07 Å². The lowest BCUT2D eigenvalue weighted by Crippen LogP contribution is -2.46. The zero-order valence-electron chi connectivity index (χ0n) is 23.0. The van der Waals surface area contributed by atoms with Crippen molar-refractivity contribution in [3.63, 3.8) is 0 Å². The first-order chi connectivity index (χ1) is 18.6. The largest absolute Gasteiger partial charge is 0.491 e. The Bertz CT molecular complexity index is 1360. The van der Waals surface area contributed by atoms with Crippen LogP contribution in [0.1, 0.15) is 34.8 Å². The molecule has 9 nitrogen and oxygen atoms in total. The molecule has 2 heterocycles. The van der Waals surface area contributed by atoms with Gasteiger partial charge in [0, 0.05) is 50.6 Å². The van der Waals surface area contributed by atoms with Gasteiger partial charge in [-0.1, -0.05) is 24.6 Å². The molecule has 11 heteroatoms. The monoisotopic (exact) mass is 572 g/mol. The second-order valence-electron chi connectivity index (χ2n) is 10.1. The molecule has 0 saturated heterocycles. The minimum atomic E-state index is -3.84. The molecular formula is C28H36N4O5S2. The third-order valence-corrected chi connectivity index (χ3v) is 9.14. The van der Waals surface area contributed by atoms with Gasteiger partial charge in [0.25, 0.3) is 15.9 Å². The number of likely N-dealkylation sites (N-methyl/N-ethyl adjacent to an activating group) is 1. The first kappa shape index (κ1) is 29.0. The second kappa shape index (κ2) is 12.5. The van der Waals surface area contributed by atoms with E-state index < -0.39 is 10.0 Å². The molecule has 0 fully saturated rings. The summed E-state index contributed by atoms with van der Waals surface area (Å²) in [6, 6.07) is 11.4. The molecular weight excluding hydrogens is 536 g/mol. The van der Waals surface area contributed by atoms with E-state index in [0.717, 1.165) is 17.1 Å². The van der Waals surface area contributed by atoms with Crippen molar-refractivity contribution in [3.8, 4) is 5.75 Å². The number of anilines is 1. The summed E-state index contributed by atoms with van der Waals surface area (Å²) < 4.78 is 40.6. The van der Waals surface area contributed by atoms with Crippen molar-refractivity contribution in [1.82, 2.24) is 14.8 Å². The summed E-state index contributed by atoms with van der Waals surface area (Å²) in [5.41, 5.74) is 1.52. The third kappa shape index (κ3) is 7.16. The van der Waals surface area contributed by atoms with Crippen LogP contribution < -0.4 is 9.46 Å². The molecule has 0 radical (unpaired) electrons. The Morgan fingerprint density at radius 2 is 1.90 bits per heavy atom. The van der Waals surface area contributed by atoms with Crippen molar-refractivity contribution >= 4 is 33.0 Å². The van der Waals surface area contributed by atoms with Crippen molar-refractivity contribution in [2.24, 2.45) is 5.92 Å². The number of aryl methyl sites for hydroxylation is 1. The SMILES string of the molecule is CO[C@@H]1CN(C)C(=O)c2cc(NS(=O)(=O)c3ccc(C)cc3)ccc2OC[C@@H](C)N(Cc2nccs2)C[C@H]1C. The molecule has 0 saturated carbocycles. The van der Waals surface area contributed by atoms with E-state index in [4.69, 9.17) is 9.47 Å². The second-order valence-corrected chi connectivity index (χ2v) is 12.7. The zero-order chi connectivity index (χ0) is 28.2. The maximum Gasteiger partial charge on any atom is 0.261 e. The van der Waals surface area contributed by atoms with Crippen molar-refractivity contribution in [2.45, 2.75) is 44.4 Å². The van der Waals surface area contributed by atoms with Crippen LogP contribution in [0.3, 0.4) is 0 Å². The highest BCUT2D eigenvalue weighted by molar-refractivity contribution is 7.92. The molecule has 0 spiro atoms. The van der Waals surface area contributed by atoms with E-state index in [1.807, 2.05) is 12.3 Å². The van der Waals surface area contributed by atoms with Crippen molar-refractivity contribution in [2.75, 3.05) is 38.6 Å². The van der Waals surface area contributed by atoms with E-state index >= 15 is 0 Å². The molecule has 210 valence electrons. The van der Waals surface area contributed by atoms with Gasteiger partial charge in [0.15, 0.2) is 0 Å². The van der Waals surface area contributed by atoms with E-state index in [2.05, 4.69) is 28.5 Å². The quantitative estimate of drug-likeness (QED) is 0.471. The number of carbonyl (C=O) groups excluding carboxylic acids is 1. The number of hydrogen-bond acceptors (Lipinski definition) is 8. The average molecular weight is 573 g/mol. The number of thiazole rings is 1. The van der Waals surface area contributed by atoms with Crippen molar-refractivity contribution < 1.29 is 22.7 Å². The van der Waals surface area contributed by atoms with Crippen LogP contribution in [-0.4, -0.2) is 75.1 Å². The van der Waals surface area contributed by atoms with Gasteiger partial charge in [0.1, 0.15) is 17.4 Å². The number of fused-ring (bicyclic) bond motifs is 1. The van der Waals surface area contributed by atoms with Crippen LogP contribution in [0.25, 0.3) is 0 Å². The van der Waals surface area contributed by atoms with Gasteiger partial charge < -0.3 is 14.4 Å². The van der Waals surface area contributed by atoms with Gasteiger partial charge in [-0.3, -0.25) is 14.4 Å².